The molecule has 9 heteroatoms. The number of likely N-dealkylation sites (tertiary alicyclic amines) is 1. The van der Waals surface area contributed by atoms with Crippen LogP contribution < -0.4 is 10.5 Å². The Labute approximate surface area is 155 Å². The molecule has 1 aromatic carbocycles. The lowest BCUT2D eigenvalue weighted by molar-refractivity contribution is -0.386. The number of nitro groups is 1. The number of rotatable bonds is 6. The van der Waals surface area contributed by atoms with Crippen molar-refractivity contribution in [3.05, 3.63) is 58.3 Å². The molecule has 9 nitrogen and oxygen atoms in total. The quantitative estimate of drug-likeness (QED) is 0.576. The van der Waals surface area contributed by atoms with Gasteiger partial charge in [-0.05, 0) is 36.6 Å². The first-order valence-corrected chi connectivity index (χ1v) is 8.52. The fourth-order valence-corrected chi connectivity index (χ4v) is 2.92. The lowest BCUT2D eigenvalue weighted by Crippen LogP contribution is -2.44. The maximum atomic E-state index is 12.3. The molecule has 3 rings (SSSR count). The number of nitrogens with zero attached hydrogens (tertiary/aromatic N) is 3. The number of benzene rings is 1. The van der Waals surface area contributed by atoms with E-state index in [2.05, 4.69) is 4.98 Å². The Hall–Kier alpha value is -3.04. The molecule has 1 aromatic heterocycles. The number of carbonyl (C=O) groups is 1. The number of aliphatic hydroxyl groups excluding tert-OH is 1. The van der Waals surface area contributed by atoms with Gasteiger partial charge in [0.1, 0.15) is 5.75 Å². The first-order chi connectivity index (χ1) is 12.9. The second-order valence-electron chi connectivity index (χ2n) is 6.37. The van der Waals surface area contributed by atoms with Crippen LogP contribution in [-0.4, -0.2) is 51.1 Å². The third kappa shape index (κ3) is 4.57. The summed E-state index contributed by atoms with van der Waals surface area (Å²) in [6, 6.07) is 8.86. The SMILES string of the molecule is N[C@@H](Cc1ccc(Oc2ncccc2[N+](=O)[O-])cc1)C(=O)N1CC[C@@H](O)C1. The first kappa shape index (κ1) is 18.7. The van der Waals surface area contributed by atoms with E-state index in [1.165, 1.54) is 18.3 Å². The Morgan fingerprint density at radius 2 is 2.15 bits per heavy atom. The summed E-state index contributed by atoms with van der Waals surface area (Å²) in [6.45, 7) is 0.839. The maximum absolute atomic E-state index is 12.3. The molecule has 1 fully saturated rings. The summed E-state index contributed by atoms with van der Waals surface area (Å²) in [4.78, 5) is 28.2. The van der Waals surface area contributed by atoms with E-state index in [-0.39, 0.29) is 17.5 Å². The maximum Gasteiger partial charge on any atom is 0.331 e. The van der Waals surface area contributed by atoms with Gasteiger partial charge in [-0.15, -0.1) is 0 Å². The first-order valence-electron chi connectivity index (χ1n) is 8.52. The van der Waals surface area contributed by atoms with Crippen molar-refractivity contribution in [2.24, 2.45) is 5.73 Å². The second kappa shape index (κ2) is 8.11. The molecule has 27 heavy (non-hydrogen) atoms. The minimum Gasteiger partial charge on any atom is -0.434 e. The third-order valence-corrected chi connectivity index (χ3v) is 4.33. The largest absolute Gasteiger partial charge is 0.434 e. The molecule has 1 aliphatic rings. The molecule has 2 aromatic rings. The van der Waals surface area contributed by atoms with Crippen molar-refractivity contribution in [2.45, 2.75) is 25.0 Å². The van der Waals surface area contributed by atoms with Crippen molar-refractivity contribution in [1.82, 2.24) is 9.88 Å². The van der Waals surface area contributed by atoms with E-state index in [0.29, 0.717) is 31.7 Å². The standard InChI is InChI=1S/C18H20N4O5/c19-15(18(24)21-9-7-13(23)11-21)10-12-3-5-14(6-4-12)27-17-16(22(25)26)2-1-8-20-17/h1-6,8,13,15,23H,7,9-11,19H2/t13-,15+/m1/s1. The molecule has 1 aliphatic heterocycles. The Bertz CT molecular complexity index is 827. The van der Waals surface area contributed by atoms with Crippen LogP contribution in [0.4, 0.5) is 5.69 Å². The zero-order chi connectivity index (χ0) is 19.4. The molecular weight excluding hydrogens is 352 g/mol. The molecule has 3 N–H and O–H groups in total. The molecule has 0 unspecified atom stereocenters. The van der Waals surface area contributed by atoms with Crippen LogP contribution in [0.15, 0.2) is 42.6 Å². The molecule has 142 valence electrons. The molecule has 0 aliphatic carbocycles. The number of aliphatic hydroxyl groups is 1. The minimum absolute atomic E-state index is 0.0882. The van der Waals surface area contributed by atoms with Crippen LogP contribution in [0.1, 0.15) is 12.0 Å². The number of carbonyl (C=O) groups excluding carboxylic acids is 1. The smallest absolute Gasteiger partial charge is 0.331 e. The Morgan fingerprint density at radius 3 is 2.78 bits per heavy atom. The fourth-order valence-electron chi connectivity index (χ4n) is 2.92. The van der Waals surface area contributed by atoms with E-state index >= 15 is 0 Å². The highest BCUT2D eigenvalue weighted by molar-refractivity contribution is 5.82. The highest BCUT2D eigenvalue weighted by Crippen LogP contribution is 2.28. The van der Waals surface area contributed by atoms with E-state index in [1.54, 1.807) is 29.2 Å². The van der Waals surface area contributed by atoms with Crippen LogP contribution >= 0.6 is 0 Å². The molecular formula is C18H20N4O5. The van der Waals surface area contributed by atoms with E-state index in [9.17, 15) is 20.0 Å². The van der Waals surface area contributed by atoms with E-state index in [1.807, 2.05) is 0 Å². The predicted octanol–water partition coefficient (Wildman–Crippen LogP) is 1.25. The Morgan fingerprint density at radius 1 is 1.41 bits per heavy atom. The molecule has 1 amide bonds. The topological polar surface area (TPSA) is 132 Å². The van der Waals surface area contributed by atoms with Crippen LogP contribution in [0.5, 0.6) is 11.6 Å². The van der Waals surface area contributed by atoms with Crippen molar-refractivity contribution in [3.8, 4) is 11.6 Å². The highest BCUT2D eigenvalue weighted by Gasteiger charge is 2.28. The molecule has 1 saturated heterocycles. The second-order valence-corrected chi connectivity index (χ2v) is 6.37. The van der Waals surface area contributed by atoms with Gasteiger partial charge < -0.3 is 20.5 Å². The monoisotopic (exact) mass is 372 g/mol. The number of hydrogen-bond donors (Lipinski definition) is 2. The normalized spacial score (nSPS) is 17.6. The molecule has 0 spiro atoms. The Kier molecular flexibility index (Phi) is 5.63. The summed E-state index contributed by atoms with van der Waals surface area (Å²) in [7, 11) is 0. The van der Waals surface area contributed by atoms with E-state index in [4.69, 9.17) is 10.5 Å². The highest BCUT2D eigenvalue weighted by atomic mass is 16.6. The lowest BCUT2D eigenvalue weighted by Gasteiger charge is -2.20. The summed E-state index contributed by atoms with van der Waals surface area (Å²) >= 11 is 0. The Balaban J connectivity index is 1.62. The van der Waals surface area contributed by atoms with Crippen LogP contribution in [0.2, 0.25) is 0 Å². The van der Waals surface area contributed by atoms with Gasteiger partial charge in [0.05, 0.1) is 17.1 Å². The van der Waals surface area contributed by atoms with Gasteiger partial charge in [-0.2, -0.15) is 0 Å². The summed E-state index contributed by atoms with van der Waals surface area (Å²) in [5.41, 5.74) is 6.61. The van der Waals surface area contributed by atoms with Crippen molar-refractivity contribution < 1.29 is 19.6 Å². The number of amides is 1. The minimum atomic E-state index is -0.695. The summed E-state index contributed by atoms with van der Waals surface area (Å²) in [5.74, 6) is 0.119. The average molecular weight is 372 g/mol. The lowest BCUT2D eigenvalue weighted by atomic mass is 10.1. The van der Waals surface area contributed by atoms with Gasteiger partial charge >= 0.3 is 5.69 Å². The molecule has 0 bridgehead atoms. The van der Waals surface area contributed by atoms with Gasteiger partial charge in [-0.1, -0.05) is 12.1 Å². The van der Waals surface area contributed by atoms with Crippen LogP contribution in [0.3, 0.4) is 0 Å². The van der Waals surface area contributed by atoms with Crippen LogP contribution in [0.25, 0.3) is 0 Å². The zero-order valence-corrected chi connectivity index (χ0v) is 14.5. The van der Waals surface area contributed by atoms with Gasteiger partial charge in [0.2, 0.25) is 5.91 Å². The number of hydrogen-bond acceptors (Lipinski definition) is 7. The van der Waals surface area contributed by atoms with Gasteiger partial charge in [-0.3, -0.25) is 14.9 Å². The van der Waals surface area contributed by atoms with Gasteiger partial charge in [-0.25, -0.2) is 4.98 Å². The van der Waals surface area contributed by atoms with Crippen molar-refractivity contribution in [1.29, 1.82) is 0 Å². The zero-order valence-electron chi connectivity index (χ0n) is 14.5. The fraction of sp³-hybridized carbons (Fsp3) is 0.333. The number of β-amino-alcohol motifs (C(OH)–C–C–N with tert-alkyl or cyclic N) is 1. The van der Waals surface area contributed by atoms with E-state index in [0.717, 1.165) is 5.56 Å². The van der Waals surface area contributed by atoms with Crippen molar-refractivity contribution in [3.63, 3.8) is 0 Å². The van der Waals surface area contributed by atoms with Gasteiger partial charge in [0, 0.05) is 25.4 Å². The van der Waals surface area contributed by atoms with E-state index < -0.39 is 17.1 Å². The van der Waals surface area contributed by atoms with Crippen LogP contribution in [-0.2, 0) is 11.2 Å². The number of aromatic nitrogens is 1. The molecule has 0 saturated carbocycles. The number of ether oxygens (including phenoxy) is 1. The number of pyridine rings is 1. The molecule has 2 heterocycles. The predicted molar refractivity (Wildman–Crippen MR) is 96.3 cm³/mol. The average Bonchev–Trinajstić information content (AvgIpc) is 3.09. The van der Waals surface area contributed by atoms with Gasteiger partial charge in [0.25, 0.3) is 5.88 Å². The van der Waals surface area contributed by atoms with Crippen LogP contribution in [0, 0.1) is 10.1 Å². The summed E-state index contributed by atoms with van der Waals surface area (Å²) in [6.07, 6.45) is 1.85. The van der Waals surface area contributed by atoms with Crippen molar-refractivity contribution >= 4 is 11.6 Å². The summed E-state index contributed by atoms with van der Waals surface area (Å²) in [5, 5.41) is 20.5. The van der Waals surface area contributed by atoms with Crippen molar-refractivity contribution in [2.75, 3.05) is 13.1 Å². The molecule has 0 radical (unpaired) electrons. The summed E-state index contributed by atoms with van der Waals surface area (Å²) < 4.78 is 5.48. The number of nitrogens with two attached hydrogens (primary N) is 1. The molecule has 2 atom stereocenters. The third-order valence-electron chi connectivity index (χ3n) is 4.33. The van der Waals surface area contributed by atoms with Gasteiger partial charge in [0.15, 0.2) is 0 Å².